The fourth-order valence-electron chi connectivity index (χ4n) is 3.52. The number of fused-ring (bicyclic) bond motifs is 1. The summed E-state index contributed by atoms with van der Waals surface area (Å²) in [6, 6.07) is 11.5. The second-order valence-electron chi connectivity index (χ2n) is 7.68. The van der Waals surface area contributed by atoms with Gasteiger partial charge in [-0.15, -0.1) is 0 Å². The first-order valence-electron chi connectivity index (χ1n) is 9.32. The van der Waals surface area contributed by atoms with Crippen molar-refractivity contribution in [2.75, 3.05) is 38.0 Å². The lowest BCUT2D eigenvalue weighted by molar-refractivity contribution is -0.121. The predicted molar refractivity (Wildman–Crippen MR) is 114 cm³/mol. The summed E-state index contributed by atoms with van der Waals surface area (Å²) in [6.07, 6.45) is 0. The Kier molecular flexibility index (Phi) is 5.62. The van der Waals surface area contributed by atoms with Gasteiger partial charge in [0.05, 0.1) is 29.7 Å². The second-order valence-corrected chi connectivity index (χ2v) is 9.72. The maximum absolute atomic E-state index is 13.0. The number of para-hydroxylation sites is 2. The summed E-state index contributed by atoms with van der Waals surface area (Å²) in [5.41, 5.74) is 0.954. The zero-order valence-electron chi connectivity index (χ0n) is 17.6. The van der Waals surface area contributed by atoms with Gasteiger partial charge in [-0.3, -0.25) is 9.59 Å². The monoisotopic (exact) mass is 431 g/mol. The third kappa shape index (κ3) is 3.66. The minimum atomic E-state index is -3.94. The molecule has 0 atom stereocenters. The minimum Gasteiger partial charge on any atom is -0.495 e. The third-order valence-electron chi connectivity index (χ3n) is 5.30. The van der Waals surface area contributed by atoms with Crippen molar-refractivity contribution < 1.29 is 22.7 Å². The summed E-state index contributed by atoms with van der Waals surface area (Å²) in [5.74, 6) is -0.121. The molecule has 160 valence electrons. The first kappa shape index (κ1) is 21.8. The molecule has 0 bridgehead atoms. The van der Waals surface area contributed by atoms with Crippen molar-refractivity contribution in [1.29, 1.82) is 0 Å². The van der Waals surface area contributed by atoms with Gasteiger partial charge in [0.25, 0.3) is 0 Å². The number of likely N-dealkylation sites (N-methyl/N-ethyl adjacent to an activating group) is 2. The molecule has 2 aromatic carbocycles. The smallest absolute Gasteiger partial charge is 0.243 e. The van der Waals surface area contributed by atoms with Gasteiger partial charge in [0.15, 0.2) is 0 Å². The molecule has 0 radical (unpaired) electrons. The molecular weight excluding hydrogens is 406 g/mol. The van der Waals surface area contributed by atoms with Gasteiger partial charge in [-0.05, 0) is 49.7 Å². The lowest BCUT2D eigenvalue weighted by Gasteiger charge is -2.19. The molecule has 0 saturated heterocycles. The van der Waals surface area contributed by atoms with E-state index in [0.717, 1.165) is 4.31 Å². The van der Waals surface area contributed by atoms with E-state index in [4.69, 9.17) is 4.74 Å². The minimum absolute atomic E-state index is 0.0324. The number of amides is 2. The Hall–Kier alpha value is -2.91. The first-order valence-corrected chi connectivity index (χ1v) is 10.8. The van der Waals surface area contributed by atoms with Gasteiger partial charge < -0.3 is 15.0 Å². The number of methoxy groups -OCH3 is 1. The Balaban J connectivity index is 1.82. The molecule has 1 aliphatic heterocycles. The van der Waals surface area contributed by atoms with Crippen molar-refractivity contribution in [3.05, 3.63) is 48.0 Å². The zero-order chi connectivity index (χ0) is 22.3. The highest BCUT2D eigenvalue weighted by atomic mass is 32.2. The van der Waals surface area contributed by atoms with Crippen LogP contribution in [0.4, 0.5) is 11.4 Å². The average molecular weight is 432 g/mol. The van der Waals surface area contributed by atoms with Gasteiger partial charge in [-0.25, -0.2) is 8.42 Å². The van der Waals surface area contributed by atoms with Crippen LogP contribution in [0.3, 0.4) is 0 Å². The fraction of sp³-hybridized carbons (Fsp3) is 0.333. The van der Waals surface area contributed by atoms with E-state index in [-0.39, 0.29) is 17.3 Å². The van der Waals surface area contributed by atoms with Gasteiger partial charge in [-0.2, -0.15) is 4.31 Å². The highest BCUT2D eigenvalue weighted by Gasteiger charge is 2.43. The van der Waals surface area contributed by atoms with Crippen LogP contribution >= 0.6 is 0 Å². The van der Waals surface area contributed by atoms with E-state index in [0.29, 0.717) is 22.7 Å². The van der Waals surface area contributed by atoms with Crippen LogP contribution in [-0.4, -0.2) is 52.3 Å². The maximum Gasteiger partial charge on any atom is 0.243 e. The molecule has 0 aromatic heterocycles. The zero-order valence-corrected chi connectivity index (χ0v) is 18.4. The van der Waals surface area contributed by atoms with Crippen molar-refractivity contribution in [1.82, 2.24) is 4.31 Å². The number of nitrogens with zero attached hydrogens (tertiary/aromatic N) is 2. The van der Waals surface area contributed by atoms with Crippen LogP contribution in [-0.2, 0) is 25.0 Å². The van der Waals surface area contributed by atoms with Crippen LogP contribution in [0.1, 0.15) is 19.4 Å². The highest BCUT2D eigenvalue weighted by Crippen LogP contribution is 2.41. The SMILES string of the molecule is COc1ccccc1NC(=O)CN(C)S(=O)(=O)c1ccc2c(c1)C(C)(C)C(=O)N2C. The van der Waals surface area contributed by atoms with E-state index < -0.39 is 21.3 Å². The van der Waals surface area contributed by atoms with E-state index in [1.54, 1.807) is 51.2 Å². The molecule has 3 rings (SSSR count). The van der Waals surface area contributed by atoms with Gasteiger partial charge >= 0.3 is 0 Å². The number of hydrogen-bond acceptors (Lipinski definition) is 5. The molecule has 0 spiro atoms. The number of ether oxygens (including phenoxy) is 1. The number of carbonyl (C=O) groups is 2. The molecule has 2 amide bonds. The molecule has 0 aliphatic carbocycles. The van der Waals surface area contributed by atoms with Crippen molar-refractivity contribution in [2.24, 2.45) is 0 Å². The van der Waals surface area contributed by atoms with Crippen LogP contribution in [0.25, 0.3) is 0 Å². The average Bonchev–Trinajstić information content (AvgIpc) is 2.88. The van der Waals surface area contributed by atoms with E-state index in [1.807, 2.05) is 0 Å². The topological polar surface area (TPSA) is 96.0 Å². The molecule has 0 fully saturated rings. The standard InChI is InChI=1S/C21H25N3O5S/c1-21(2)15-12-14(10-11-17(15)24(4)20(21)26)30(27,28)23(3)13-19(25)22-16-8-6-7-9-18(16)29-5/h6-12H,13H2,1-5H3,(H,22,25). The normalized spacial score (nSPS) is 15.3. The Morgan fingerprint density at radius 1 is 1.20 bits per heavy atom. The summed E-state index contributed by atoms with van der Waals surface area (Å²) >= 11 is 0. The van der Waals surface area contributed by atoms with Gasteiger partial charge in [0.1, 0.15) is 5.75 Å². The van der Waals surface area contributed by atoms with Crippen LogP contribution in [0, 0.1) is 0 Å². The third-order valence-corrected chi connectivity index (χ3v) is 7.10. The predicted octanol–water partition coefficient (Wildman–Crippen LogP) is 2.21. The largest absolute Gasteiger partial charge is 0.495 e. The number of sulfonamides is 1. The van der Waals surface area contributed by atoms with Crippen LogP contribution in [0.15, 0.2) is 47.4 Å². The molecule has 8 nitrogen and oxygen atoms in total. The molecule has 0 unspecified atom stereocenters. The molecule has 30 heavy (non-hydrogen) atoms. The Morgan fingerprint density at radius 3 is 2.53 bits per heavy atom. The Morgan fingerprint density at radius 2 is 1.87 bits per heavy atom. The first-order chi connectivity index (χ1) is 14.0. The molecule has 0 saturated carbocycles. The van der Waals surface area contributed by atoms with Crippen LogP contribution in [0.5, 0.6) is 5.75 Å². The number of benzene rings is 2. The van der Waals surface area contributed by atoms with Crippen molar-refractivity contribution in [3.63, 3.8) is 0 Å². The van der Waals surface area contributed by atoms with Crippen molar-refractivity contribution in [3.8, 4) is 5.75 Å². The number of carbonyl (C=O) groups excluding carboxylic acids is 2. The van der Waals surface area contributed by atoms with Crippen molar-refractivity contribution in [2.45, 2.75) is 24.2 Å². The summed E-state index contributed by atoms with van der Waals surface area (Å²) in [4.78, 5) is 26.4. The summed E-state index contributed by atoms with van der Waals surface area (Å²) in [6.45, 7) is 3.15. The Bertz CT molecular complexity index is 1110. The van der Waals surface area contributed by atoms with Gasteiger partial charge in [-0.1, -0.05) is 12.1 Å². The van der Waals surface area contributed by atoms with Gasteiger partial charge in [0.2, 0.25) is 21.8 Å². The Labute approximate surface area is 176 Å². The highest BCUT2D eigenvalue weighted by molar-refractivity contribution is 7.89. The quantitative estimate of drug-likeness (QED) is 0.757. The lowest BCUT2D eigenvalue weighted by Crippen LogP contribution is -2.35. The second kappa shape index (κ2) is 7.73. The summed E-state index contributed by atoms with van der Waals surface area (Å²) in [7, 11) is 0.553. The number of anilines is 2. The molecule has 1 N–H and O–H groups in total. The van der Waals surface area contributed by atoms with Crippen LogP contribution < -0.4 is 15.0 Å². The summed E-state index contributed by atoms with van der Waals surface area (Å²) < 4.78 is 32.2. The fourth-order valence-corrected chi connectivity index (χ4v) is 4.67. The van der Waals surface area contributed by atoms with Gasteiger partial charge in [0, 0.05) is 19.8 Å². The summed E-state index contributed by atoms with van der Waals surface area (Å²) in [5, 5.41) is 2.66. The van der Waals surface area contributed by atoms with E-state index >= 15 is 0 Å². The van der Waals surface area contributed by atoms with E-state index in [1.165, 1.54) is 31.2 Å². The number of nitrogens with one attached hydrogen (secondary N) is 1. The molecule has 9 heteroatoms. The molecular formula is C21H25N3O5S. The number of rotatable bonds is 6. The maximum atomic E-state index is 13.0. The molecule has 2 aromatic rings. The van der Waals surface area contributed by atoms with Crippen LogP contribution in [0.2, 0.25) is 0 Å². The molecule has 1 aliphatic rings. The van der Waals surface area contributed by atoms with E-state index in [9.17, 15) is 18.0 Å². The van der Waals surface area contributed by atoms with Crippen molar-refractivity contribution >= 4 is 33.2 Å². The lowest BCUT2D eigenvalue weighted by atomic mass is 9.86. The number of hydrogen-bond donors (Lipinski definition) is 1. The van der Waals surface area contributed by atoms with E-state index in [2.05, 4.69) is 5.32 Å². The molecule has 1 heterocycles.